The van der Waals surface area contributed by atoms with E-state index in [0.29, 0.717) is 34.9 Å². The quantitative estimate of drug-likeness (QED) is 0.405. The number of hydrogen-bond donors (Lipinski definition) is 1. The number of aromatic nitrogens is 3. The molecule has 1 unspecified atom stereocenters. The highest BCUT2D eigenvalue weighted by atomic mass is 35.5. The lowest BCUT2D eigenvalue weighted by atomic mass is 9.78. The van der Waals surface area contributed by atoms with Gasteiger partial charge in [-0.05, 0) is 61.7 Å². The fourth-order valence-electron chi connectivity index (χ4n) is 4.72. The lowest BCUT2D eigenvalue weighted by Gasteiger charge is -2.49. The lowest BCUT2D eigenvalue weighted by Crippen LogP contribution is -2.61. The van der Waals surface area contributed by atoms with E-state index < -0.39 is 5.54 Å². The Hall–Kier alpha value is -3.71. The number of amides is 1. The number of fused-ring (bicyclic) bond motifs is 2. The predicted octanol–water partition coefficient (Wildman–Crippen LogP) is 5.14. The van der Waals surface area contributed by atoms with E-state index in [4.69, 9.17) is 16.3 Å². The van der Waals surface area contributed by atoms with Crippen LogP contribution in [0.25, 0.3) is 11.0 Å². The molecule has 3 heterocycles. The molecule has 4 aromatic rings. The van der Waals surface area contributed by atoms with E-state index in [9.17, 15) is 4.79 Å². The summed E-state index contributed by atoms with van der Waals surface area (Å²) < 4.78 is 5.30. The summed E-state index contributed by atoms with van der Waals surface area (Å²) in [4.78, 5) is 29.1. The van der Waals surface area contributed by atoms with Crippen LogP contribution in [-0.2, 0) is 13.0 Å². The summed E-state index contributed by atoms with van der Waals surface area (Å²) in [5, 5.41) is 4.01. The summed E-state index contributed by atoms with van der Waals surface area (Å²) in [5.74, 6) is 1.32. The van der Waals surface area contributed by atoms with E-state index in [0.717, 1.165) is 22.4 Å². The Morgan fingerprint density at radius 3 is 2.69 bits per heavy atom. The smallest absolute Gasteiger partial charge is 0.256 e. The van der Waals surface area contributed by atoms with Gasteiger partial charge in [0.15, 0.2) is 5.82 Å². The van der Waals surface area contributed by atoms with Gasteiger partial charge in [0.05, 0.1) is 28.8 Å². The number of nitrogens with zero attached hydrogens (tertiary/aromatic N) is 4. The number of pyridine rings is 1. The van der Waals surface area contributed by atoms with Crippen LogP contribution in [-0.4, -0.2) is 44.4 Å². The molecule has 5 rings (SSSR count). The first-order valence-corrected chi connectivity index (χ1v) is 11.8. The molecule has 0 saturated heterocycles. The molecule has 7 nitrogen and oxygen atoms in total. The average molecular weight is 488 g/mol. The average Bonchev–Trinajstić information content (AvgIpc) is 2.87. The van der Waals surface area contributed by atoms with Gasteiger partial charge in [-0.2, -0.15) is 0 Å². The lowest BCUT2D eigenvalue weighted by molar-refractivity contribution is 0.0391. The normalized spacial score (nSPS) is 18.3. The Balaban J connectivity index is 1.54. The van der Waals surface area contributed by atoms with Crippen molar-refractivity contribution in [3.8, 4) is 5.75 Å². The maximum absolute atomic E-state index is 13.9. The molecule has 2 aromatic carbocycles. The van der Waals surface area contributed by atoms with Crippen LogP contribution in [0.2, 0.25) is 5.02 Å². The Morgan fingerprint density at radius 1 is 1.11 bits per heavy atom. The van der Waals surface area contributed by atoms with Gasteiger partial charge < -0.3 is 15.0 Å². The second-order valence-corrected chi connectivity index (χ2v) is 9.41. The van der Waals surface area contributed by atoms with Gasteiger partial charge >= 0.3 is 0 Å². The van der Waals surface area contributed by atoms with Gasteiger partial charge in [0.2, 0.25) is 0 Å². The molecule has 0 fully saturated rings. The van der Waals surface area contributed by atoms with Crippen LogP contribution in [0.5, 0.6) is 5.75 Å². The number of rotatable bonds is 6. The number of carbonyl (C=O) groups excluding carboxylic acids is 1. The Labute approximate surface area is 209 Å². The van der Waals surface area contributed by atoms with Gasteiger partial charge in [0.25, 0.3) is 5.91 Å². The van der Waals surface area contributed by atoms with Crippen molar-refractivity contribution in [2.75, 3.05) is 12.4 Å². The van der Waals surface area contributed by atoms with E-state index in [1.54, 1.807) is 19.4 Å². The molecule has 2 atom stereocenters. The standard InChI is InChI=1S/C27H26ClN5O2/c1-17(32-25-24-22(30-16-31-25)8-5-13-29-24)27(2)14-19-6-4-7-21(28)23(19)26(34)33(27)15-18-9-11-20(35-3)12-10-18/h4-13,16-17H,14-15H2,1-3H3,(H,30,31,32)/t17-,27?/m0/s1. The van der Waals surface area contributed by atoms with Gasteiger partial charge in [0, 0.05) is 18.8 Å². The van der Waals surface area contributed by atoms with Gasteiger partial charge in [-0.1, -0.05) is 35.9 Å². The second kappa shape index (κ2) is 9.15. The van der Waals surface area contributed by atoms with E-state index in [2.05, 4.69) is 34.1 Å². The highest BCUT2D eigenvalue weighted by Crippen LogP contribution is 2.38. The summed E-state index contributed by atoms with van der Waals surface area (Å²) in [6, 6.07) is 17.0. The molecule has 1 aliphatic rings. The van der Waals surface area contributed by atoms with Crippen molar-refractivity contribution in [3.63, 3.8) is 0 Å². The Kier molecular flexibility index (Phi) is 6.03. The van der Waals surface area contributed by atoms with Crippen LogP contribution >= 0.6 is 11.6 Å². The highest BCUT2D eigenvalue weighted by Gasteiger charge is 2.46. The van der Waals surface area contributed by atoms with Gasteiger partial charge in [-0.25, -0.2) is 9.97 Å². The maximum atomic E-state index is 13.9. The summed E-state index contributed by atoms with van der Waals surface area (Å²) >= 11 is 6.51. The van der Waals surface area contributed by atoms with E-state index in [-0.39, 0.29) is 11.9 Å². The van der Waals surface area contributed by atoms with Crippen molar-refractivity contribution < 1.29 is 9.53 Å². The number of hydrogen-bond acceptors (Lipinski definition) is 6. The molecule has 0 radical (unpaired) electrons. The van der Waals surface area contributed by atoms with Crippen LogP contribution in [0, 0.1) is 0 Å². The van der Waals surface area contributed by atoms with Crippen molar-refractivity contribution in [3.05, 3.63) is 88.8 Å². The first kappa shape index (κ1) is 23.1. The number of methoxy groups -OCH3 is 1. The summed E-state index contributed by atoms with van der Waals surface area (Å²) in [5.41, 5.74) is 3.38. The molecule has 35 heavy (non-hydrogen) atoms. The minimum atomic E-state index is -0.583. The predicted molar refractivity (Wildman–Crippen MR) is 137 cm³/mol. The van der Waals surface area contributed by atoms with Crippen LogP contribution in [0.4, 0.5) is 5.82 Å². The van der Waals surface area contributed by atoms with E-state index >= 15 is 0 Å². The Bertz CT molecular complexity index is 1390. The van der Waals surface area contributed by atoms with Crippen molar-refractivity contribution in [2.45, 2.75) is 38.4 Å². The molecule has 1 aliphatic heterocycles. The monoisotopic (exact) mass is 487 g/mol. The molecule has 0 bridgehead atoms. The third kappa shape index (κ3) is 4.17. The zero-order chi connectivity index (χ0) is 24.6. The Morgan fingerprint density at radius 2 is 1.91 bits per heavy atom. The maximum Gasteiger partial charge on any atom is 0.256 e. The fourth-order valence-corrected chi connectivity index (χ4v) is 4.99. The minimum Gasteiger partial charge on any atom is -0.497 e. The van der Waals surface area contributed by atoms with Gasteiger partial charge in [-0.3, -0.25) is 9.78 Å². The molecule has 0 aliphatic carbocycles. The number of nitrogens with one attached hydrogen (secondary N) is 1. The van der Waals surface area contributed by atoms with Crippen LogP contribution in [0.3, 0.4) is 0 Å². The first-order valence-electron chi connectivity index (χ1n) is 11.5. The third-order valence-electron chi connectivity index (χ3n) is 6.90. The highest BCUT2D eigenvalue weighted by molar-refractivity contribution is 6.34. The van der Waals surface area contributed by atoms with Crippen molar-refractivity contribution in [1.82, 2.24) is 19.9 Å². The number of benzene rings is 2. The molecule has 1 amide bonds. The number of anilines is 1. The second-order valence-electron chi connectivity index (χ2n) is 9.01. The number of ether oxygens (including phenoxy) is 1. The number of halogens is 1. The summed E-state index contributed by atoms with van der Waals surface area (Å²) in [6.45, 7) is 4.60. The topological polar surface area (TPSA) is 80.2 Å². The fraction of sp³-hybridized carbons (Fsp3) is 0.259. The SMILES string of the molecule is COc1ccc(CN2C(=O)c3c(Cl)cccc3CC2(C)[C@H](C)Nc2ncnc3cccnc23)cc1. The summed E-state index contributed by atoms with van der Waals surface area (Å²) in [7, 11) is 1.64. The molecule has 1 N–H and O–H groups in total. The molecule has 0 saturated carbocycles. The minimum absolute atomic E-state index is 0.0884. The molecular formula is C27H26ClN5O2. The van der Waals surface area contributed by atoms with Crippen molar-refractivity contribution in [1.29, 1.82) is 0 Å². The van der Waals surface area contributed by atoms with Crippen molar-refractivity contribution in [2.24, 2.45) is 0 Å². The van der Waals surface area contributed by atoms with Crippen LogP contribution in [0.1, 0.15) is 35.3 Å². The molecule has 0 spiro atoms. The van der Waals surface area contributed by atoms with Crippen LogP contribution in [0.15, 0.2) is 67.1 Å². The van der Waals surface area contributed by atoms with E-state index in [1.807, 2.05) is 53.4 Å². The molecule has 8 heteroatoms. The molecular weight excluding hydrogens is 462 g/mol. The van der Waals surface area contributed by atoms with Gasteiger partial charge in [0.1, 0.15) is 17.6 Å². The zero-order valence-corrected chi connectivity index (χ0v) is 20.6. The zero-order valence-electron chi connectivity index (χ0n) is 19.8. The third-order valence-corrected chi connectivity index (χ3v) is 7.22. The number of carbonyl (C=O) groups is 1. The summed E-state index contributed by atoms with van der Waals surface area (Å²) in [6.07, 6.45) is 3.88. The molecule has 2 aromatic heterocycles. The van der Waals surface area contributed by atoms with Crippen LogP contribution < -0.4 is 10.1 Å². The largest absolute Gasteiger partial charge is 0.497 e. The molecule has 178 valence electrons. The van der Waals surface area contributed by atoms with Crippen molar-refractivity contribution >= 4 is 34.4 Å². The van der Waals surface area contributed by atoms with Gasteiger partial charge in [-0.15, -0.1) is 0 Å². The first-order chi connectivity index (χ1) is 16.9. The van der Waals surface area contributed by atoms with E-state index in [1.165, 1.54) is 6.33 Å².